The van der Waals surface area contributed by atoms with E-state index in [1.54, 1.807) is 7.11 Å². The van der Waals surface area contributed by atoms with Gasteiger partial charge in [-0.15, -0.1) is 0 Å². The van der Waals surface area contributed by atoms with Gasteiger partial charge in [-0.3, -0.25) is 4.98 Å². The van der Waals surface area contributed by atoms with Crippen LogP contribution in [0.3, 0.4) is 0 Å². The second-order valence-corrected chi connectivity index (χ2v) is 7.75. The van der Waals surface area contributed by atoms with E-state index in [1.807, 2.05) is 0 Å². The van der Waals surface area contributed by atoms with E-state index in [1.165, 1.54) is 16.5 Å². The summed E-state index contributed by atoms with van der Waals surface area (Å²) in [6, 6.07) is 8.59. The number of nitrogens with zero attached hydrogens (tertiary/aromatic N) is 2. The Morgan fingerprint density at radius 1 is 1.31 bits per heavy atom. The molecule has 4 heteroatoms. The van der Waals surface area contributed by atoms with Gasteiger partial charge < -0.3 is 14.7 Å². The van der Waals surface area contributed by atoms with Gasteiger partial charge in [-0.1, -0.05) is 31.2 Å². The second kappa shape index (κ2) is 7.70. The van der Waals surface area contributed by atoms with Gasteiger partial charge in [-0.2, -0.15) is 0 Å². The fraction of sp³-hybridized carbons (Fsp3) is 0.280. The molecule has 0 aliphatic heterocycles. The summed E-state index contributed by atoms with van der Waals surface area (Å²) in [5, 5.41) is 1.17. The van der Waals surface area contributed by atoms with Crippen molar-refractivity contribution in [3.05, 3.63) is 64.2 Å². The number of hydrogen-bond donors (Lipinski definition) is 1. The van der Waals surface area contributed by atoms with Gasteiger partial charge in [0.15, 0.2) is 0 Å². The van der Waals surface area contributed by atoms with Crippen LogP contribution in [0.15, 0.2) is 41.1 Å². The Labute approximate surface area is 172 Å². The number of hydrogen-bond acceptors (Lipinski definition) is 3. The fourth-order valence-electron chi connectivity index (χ4n) is 4.32. The summed E-state index contributed by atoms with van der Waals surface area (Å²) in [6.07, 6.45) is 7.20. The second-order valence-electron chi connectivity index (χ2n) is 7.75. The van der Waals surface area contributed by atoms with Crippen molar-refractivity contribution in [3.63, 3.8) is 0 Å². The third kappa shape index (κ3) is 3.39. The number of aryl methyl sites for hydroxylation is 2. The van der Waals surface area contributed by atoms with Crippen molar-refractivity contribution < 1.29 is 4.74 Å². The molecule has 148 valence electrons. The zero-order chi connectivity index (χ0) is 20.5. The van der Waals surface area contributed by atoms with E-state index in [0.717, 1.165) is 45.9 Å². The minimum absolute atomic E-state index is 0.272. The average Bonchev–Trinajstić information content (AvgIpc) is 2.90. The van der Waals surface area contributed by atoms with Gasteiger partial charge in [0.2, 0.25) is 0 Å². The van der Waals surface area contributed by atoms with Crippen LogP contribution in [0, 0.1) is 13.8 Å². The summed E-state index contributed by atoms with van der Waals surface area (Å²) < 4.78 is 5.55. The van der Waals surface area contributed by atoms with Crippen molar-refractivity contribution in [2.75, 3.05) is 13.7 Å². The van der Waals surface area contributed by atoms with Crippen LogP contribution >= 0.6 is 0 Å². The zero-order valence-electron chi connectivity index (χ0n) is 17.5. The smallest absolute Gasteiger partial charge is 0.1000 e. The number of aromatic nitrogens is 2. The fourth-order valence-corrected chi connectivity index (χ4v) is 4.32. The number of pyridine rings is 1. The number of allylic oxidation sites excluding steroid dienone is 1. The normalized spacial score (nSPS) is 14.3. The minimum Gasteiger partial charge on any atom is -0.501 e. The number of benzene rings is 1. The van der Waals surface area contributed by atoms with Gasteiger partial charge in [0.25, 0.3) is 0 Å². The molecule has 0 spiro atoms. The molecule has 1 N–H and O–H groups in total. The molecule has 4 nitrogen and oxygen atoms in total. The molecule has 4 rings (SSSR count). The van der Waals surface area contributed by atoms with Crippen molar-refractivity contribution in [1.29, 1.82) is 0 Å². The Morgan fingerprint density at radius 3 is 2.90 bits per heavy atom. The van der Waals surface area contributed by atoms with Crippen molar-refractivity contribution in [2.45, 2.75) is 33.1 Å². The molecule has 0 saturated carbocycles. The SMILES string of the molecule is C=NCC(C)c1c(C)cccc1-c1nc(C)cc2c3c([nH]c12)C=CCC(OC)=C3. The van der Waals surface area contributed by atoms with E-state index in [0.29, 0.717) is 6.54 Å². The van der Waals surface area contributed by atoms with Crippen LogP contribution in [0.1, 0.15) is 47.3 Å². The van der Waals surface area contributed by atoms with Crippen LogP contribution in [0.5, 0.6) is 0 Å². The summed E-state index contributed by atoms with van der Waals surface area (Å²) in [7, 11) is 1.73. The monoisotopic (exact) mass is 385 g/mol. The topological polar surface area (TPSA) is 50.3 Å². The van der Waals surface area contributed by atoms with Gasteiger partial charge in [0.1, 0.15) is 0 Å². The largest absolute Gasteiger partial charge is 0.501 e. The maximum Gasteiger partial charge on any atom is 0.1000 e. The third-order valence-electron chi connectivity index (χ3n) is 5.63. The van der Waals surface area contributed by atoms with Gasteiger partial charge >= 0.3 is 0 Å². The van der Waals surface area contributed by atoms with Gasteiger partial charge in [0, 0.05) is 46.8 Å². The Balaban J connectivity index is 2.02. The van der Waals surface area contributed by atoms with Crippen LogP contribution in [0.4, 0.5) is 0 Å². The predicted molar refractivity (Wildman–Crippen MR) is 122 cm³/mol. The first kappa shape index (κ1) is 19.2. The molecule has 3 aromatic rings. The van der Waals surface area contributed by atoms with Crippen molar-refractivity contribution in [2.24, 2.45) is 4.99 Å². The Hall–Kier alpha value is -3.14. The summed E-state index contributed by atoms with van der Waals surface area (Å²) in [6.45, 7) is 10.8. The summed E-state index contributed by atoms with van der Waals surface area (Å²) in [4.78, 5) is 12.7. The Morgan fingerprint density at radius 2 is 2.14 bits per heavy atom. The number of nitrogens with one attached hydrogen (secondary N) is 1. The zero-order valence-corrected chi connectivity index (χ0v) is 17.5. The molecule has 0 fully saturated rings. The molecular formula is C25H27N3O. The molecule has 2 aromatic heterocycles. The van der Waals surface area contributed by atoms with Crippen LogP contribution in [0.25, 0.3) is 34.3 Å². The van der Waals surface area contributed by atoms with Crippen molar-refractivity contribution in [3.8, 4) is 11.3 Å². The number of rotatable bonds is 5. The van der Waals surface area contributed by atoms with E-state index in [-0.39, 0.29) is 5.92 Å². The lowest BCUT2D eigenvalue weighted by molar-refractivity contribution is 0.289. The highest BCUT2D eigenvalue weighted by atomic mass is 16.5. The maximum absolute atomic E-state index is 5.55. The number of aromatic amines is 1. The third-order valence-corrected chi connectivity index (χ3v) is 5.63. The van der Waals surface area contributed by atoms with E-state index in [2.05, 4.69) is 80.0 Å². The number of H-pyrrole nitrogens is 1. The molecule has 0 bridgehead atoms. The van der Waals surface area contributed by atoms with E-state index in [4.69, 9.17) is 9.72 Å². The average molecular weight is 386 g/mol. The quantitative estimate of drug-likeness (QED) is 0.543. The molecule has 2 heterocycles. The standard InChI is InChI=1S/C25H27N3O/c1-15-8-6-10-19(23(15)16(2)14-26-4)24-25-21(12-17(3)27-24)20-13-18(29-5)9-7-11-22(20)28-25/h6-8,10-13,16,28H,4,9,14H2,1-3,5H3. The highest BCUT2D eigenvalue weighted by molar-refractivity contribution is 6.01. The van der Waals surface area contributed by atoms with Crippen LogP contribution in [-0.4, -0.2) is 30.3 Å². The van der Waals surface area contributed by atoms with Crippen LogP contribution < -0.4 is 0 Å². The molecule has 0 saturated heterocycles. The lowest BCUT2D eigenvalue weighted by atomic mass is 9.89. The minimum atomic E-state index is 0.272. The van der Waals surface area contributed by atoms with E-state index >= 15 is 0 Å². The molecule has 29 heavy (non-hydrogen) atoms. The predicted octanol–water partition coefficient (Wildman–Crippen LogP) is 6.06. The van der Waals surface area contributed by atoms with Gasteiger partial charge in [0.05, 0.1) is 24.1 Å². The first-order chi connectivity index (χ1) is 14.0. The first-order valence-corrected chi connectivity index (χ1v) is 10.00. The first-order valence-electron chi connectivity index (χ1n) is 10.00. The van der Waals surface area contributed by atoms with Gasteiger partial charge in [-0.05, 0) is 49.9 Å². The lowest BCUT2D eigenvalue weighted by Gasteiger charge is -2.18. The molecule has 0 amide bonds. The molecule has 1 aromatic carbocycles. The summed E-state index contributed by atoms with van der Waals surface area (Å²) in [5.74, 6) is 1.23. The van der Waals surface area contributed by atoms with E-state index in [9.17, 15) is 0 Å². The highest BCUT2D eigenvalue weighted by Gasteiger charge is 2.21. The van der Waals surface area contributed by atoms with Crippen molar-refractivity contribution >= 4 is 29.8 Å². The molecule has 1 unspecified atom stereocenters. The molecule has 1 aliphatic rings. The highest BCUT2D eigenvalue weighted by Crippen LogP contribution is 2.38. The Kier molecular flexibility index (Phi) is 5.10. The number of ether oxygens (including phenoxy) is 1. The number of methoxy groups -OCH3 is 1. The van der Waals surface area contributed by atoms with E-state index < -0.39 is 0 Å². The molecule has 1 atom stereocenters. The molecule has 1 aliphatic carbocycles. The summed E-state index contributed by atoms with van der Waals surface area (Å²) in [5.41, 5.74) is 9.00. The van der Waals surface area contributed by atoms with Gasteiger partial charge in [-0.25, -0.2) is 0 Å². The van der Waals surface area contributed by atoms with Crippen molar-refractivity contribution in [1.82, 2.24) is 9.97 Å². The summed E-state index contributed by atoms with van der Waals surface area (Å²) >= 11 is 0. The lowest BCUT2D eigenvalue weighted by Crippen LogP contribution is -2.04. The van der Waals surface area contributed by atoms with Crippen LogP contribution in [0.2, 0.25) is 0 Å². The molecular weight excluding hydrogens is 358 g/mol. The maximum atomic E-state index is 5.55. The number of aliphatic imine (C=N–C) groups is 1. The molecule has 0 radical (unpaired) electrons. The Bertz CT molecular complexity index is 1150. The number of fused-ring (bicyclic) bond motifs is 3. The van der Waals surface area contributed by atoms with Crippen LogP contribution in [-0.2, 0) is 4.74 Å².